The van der Waals surface area contributed by atoms with Crippen molar-refractivity contribution < 1.29 is 4.79 Å². The third-order valence-corrected chi connectivity index (χ3v) is 2.75. The molecule has 0 aliphatic rings. The number of H-pyrrole nitrogens is 1. The average Bonchev–Trinajstić information content (AvgIpc) is 2.86. The van der Waals surface area contributed by atoms with Crippen molar-refractivity contribution in [1.29, 1.82) is 0 Å². The maximum absolute atomic E-state index is 11.7. The Morgan fingerprint density at radius 1 is 1.35 bits per heavy atom. The van der Waals surface area contributed by atoms with Gasteiger partial charge in [0.1, 0.15) is 0 Å². The van der Waals surface area contributed by atoms with Gasteiger partial charge in [0.25, 0.3) is 5.91 Å². The molecule has 0 fully saturated rings. The Bertz CT molecular complexity index is 479. The minimum atomic E-state index is -0.160. The second-order valence-electron chi connectivity index (χ2n) is 3.58. The number of halogens is 1. The summed E-state index contributed by atoms with van der Waals surface area (Å²) in [6, 6.07) is 7.81. The minimum absolute atomic E-state index is 0.160. The fourth-order valence-electron chi connectivity index (χ4n) is 1.44. The summed E-state index contributed by atoms with van der Waals surface area (Å²) in [7, 11) is 0. The number of amides is 1. The predicted octanol–water partition coefficient (Wildman–Crippen LogP) is 2.60. The molecule has 0 saturated carbocycles. The van der Waals surface area contributed by atoms with Crippen LogP contribution in [0.5, 0.6) is 0 Å². The summed E-state index contributed by atoms with van der Waals surface area (Å²) < 4.78 is 0. The summed E-state index contributed by atoms with van der Waals surface area (Å²) in [5.74, 6) is -0.160. The molecular formula is C12H12BrN3O. The van der Waals surface area contributed by atoms with Crippen LogP contribution in [0.25, 0.3) is 0 Å². The number of aromatic nitrogens is 2. The van der Waals surface area contributed by atoms with Crippen LogP contribution < -0.4 is 5.32 Å². The fraction of sp³-hybridized carbons (Fsp3) is 0.167. The number of nitrogens with zero attached hydrogens (tertiary/aromatic N) is 1. The summed E-state index contributed by atoms with van der Waals surface area (Å²) in [5.41, 5.74) is 2.55. The number of hydrogen-bond donors (Lipinski definition) is 2. The van der Waals surface area contributed by atoms with Crippen LogP contribution in [0.4, 0.5) is 5.69 Å². The van der Waals surface area contributed by atoms with E-state index in [-0.39, 0.29) is 5.91 Å². The lowest BCUT2D eigenvalue weighted by Crippen LogP contribution is -2.10. The number of nitrogens with one attached hydrogen (secondary N) is 2. The minimum Gasteiger partial charge on any atom is -0.322 e. The summed E-state index contributed by atoms with van der Waals surface area (Å²) in [6.07, 6.45) is 4.04. The van der Waals surface area contributed by atoms with Crippen LogP contribution in [0.2, 0.25) is 0 Å². The van der Waals surface area contributed by atoms with E-state index < -0.39 is 0 Å². The van der Waals surface area contributed by atoms with Gasteiger partial charge in [0.05, 0.1) is 11.8 Å². The Morgan fingerprint density at radius 3 is 2.71 bits per heavy atom. The number of alkyl halides is 1. The molecule has 0 aliphatic carbocycles. The van der Waals surface area contributed by atoms with Crippen LogP contribution >= 0.6 is 15.9 Å². The average molecular weight is 294 g/mol. The van der Waals surface area contributed by atoms with Crippen molar-refractivity contribution in [3.8, 4) is 0 Å². The van der Waals surface area contributed by atoms with Gasteiger partial charge in [0.15, 0.2) is 0 Å². The summed E-state index contributed by atoms with van der Waals surface area (Å²) in [5, 5.41) is 10.1. The van der Waals surface area contributed by atoms with Crippen LogP contribution in [0, 0.1) is 0 Å². The van der Waals surface area contributed by atoms with Gasteiger partial charge < -0.3 is 5.32 Å². The van der Waals surface area contributed by atoms with E-state index in [0.717, 1.165) is 17.4 Å². The molecule has 1 aromatic carbocycles. The van der Waals surface area contributed by atoms with Gasteiger partial charge in [0.2, 0.25) is 0 Å². The molecule has 0 aliphatic heterocycles. The number of rotatable bonds is 4. The van der Waals surface area contributed by atoms with Crippen molar-refractivity contribution in [2.75, 3.05) is 10.6 Å². The van der Waals surface area contributed by atoms with E-state index in [1.165, 1.54) is 11.8 Å². The Hall–Kier alpha value is -1.62. The van der Waals surface area contributed by atoms with E-state index in [0.29, 0.717) is 5.56 Å². The third-order valence-electron chi connectivity index (χ3n) is 2.36. The van der Waals surface area contributed by atoms with Gasteiger partial charge in [-0.25, -0.2) is 0 Å². The van der Waals surface area contributed by atoms with Gasteiger partial charge in [-0.05, 0) is 24.1 Å². The first-order valence-electron chi connectivity index (χ1n) is 5.24. The SMILES string of the molecule is O=C(Nc1ccc(CCBr)cc1)c1cn[nH]c1. The number of anilines is 1. The first-order valence-corrected chi connectivity index (χ1v) is 6.37. The third kappa shape index (κ3) is 3.17. The summed E-state index contributed by atoms with van der Waals surface area (Å²) >= 11 is 3.39. The molecule has 88 valence electrons. The zero-order valence-electron chi connectivity index (χ0n) is 9.11. The van der Waals surface area contributed by atoms with Gasteiger partial charge in [-0.3, -0.25) is 9.89 Å². The normalized spacial score (nSPS) is 10.2. The molecule has 2 aromatic rings. The first-order chi connectivity index (χ1) is 8.29. The summed E-state index contributed by atoms with van der Waals surface area (Å²) in [4.78, 5) is 11.7. The quantitative estimate of drug-likeness (QED) is 0.852. The molecule has 4 nitrogen and oxygen atoms in total. The number of hydrogen-bond acceptors (Lipinski definition) is 2. The molecule has 0 saturated heterocycles. The molecule has 1 amide bonds. The molecule has 2 rings (SSSR count). The molecule has 2 N–H and O–H groups in total. The smallest absolute Gasteiger partial charge is 0.258 e. The summed E-state index contributed by atoms with van der Waals surface area (Å²) in [6.45, 7) is 0. The van der Waals surface area contributed by atoms with Gasteiger partial charge in [0, 0.05) is 17.2 Å². The fourth-order valence-corrected chi connectivity index (χ4v) is 1.90. The lowest BCUT2D eigenvalue weighted by Gasteiger charge is -2.04. The van der Waals surface area contributed by atoms with Crippen molar-refractivity contribution in [3.63, 3.8) is 0 Å². The van der Waals surface area contributed by atoms with Crippen LogP contribution in [-0.2, 0) is 6.42 Å². The van der Waals surface area contributed by atoms with Crippen LogP contribution in [0.3, 0.4) is 0 Å². The number of carbonyl (C=O) groups excluding carboxylic acids is 1. The molecule has 0 spiro atoms. The van der Waals surface area contributed by atoms with Crippen molar-refractivity contribution in [3.05, 3.63) is 47.8 Å². The number of carbonyl (C=O) groups is 1. The van der Waals surface area contributed by atoms with E-state index >= 15 is 0 Å². The van der Waals surface area contributed by atoms with Crippen molar-refractivity contribution in [1.82, 2.24) is 10.2 Å². The van der Waals surface area contributed by atoms with Gasteiger partial charge in [-0.2, -0.15) is 5.10 Å². The first kappa shape index (κ1) is 11.9. The highest BCUT2D eigenvalue weighted by Crippen LogP contribution is 2.12. The highest BCUT2D eigenvalue weighted by Gasteiger charge is 2.06. The molecule has 0 radical (unpaired) electrons. The molecule has 0 bridgehead atoms. The standard InChI is InChI=1S/C12H12BrN3O/c13-6-5-9-1-3-11(4-2-9)16-12(17)10-7-14-15-8-10/h1-4,7-8H,5-6H2,(H,14,15)(H,16,17). The van der Waals surface area contributed by atoms with Crippen molar-refractivity contribution in [2.45, 2.75) is 6.42 Å². The second-order valence-corrected chi connectivity index (χ2v) is 4.37. The topological polar surface area (TPSA) is 57.8 Å². The van der Waals surface area contributed by atoms with E-state index in [4.69, 9.17) is 0 Å². The highest BCUT2D eigenvalue weighted by atomic mass is 79.9. The Labute approximate surface area is 108 Å². The van der Waals surface area contributed by atoms with Gasteiger partial charge in [-0.1, -0.05) is 28.1 Å². The molecule has 0 atom stereocenters. The Balaban J connectivity index is 2.01. The van der Waals surface area contributed by atoms with Crippen LogP contribution in [-0.4, -0.2) is 21.4 Å². The zero-order valence-corrected chi connectivity index (χ0v) is 10.7. The van der Waals surface area contributed by atoms with Gasteiger partial charge >= 0.3 is 0 Å². The Kier molecular flexibility index (Phi) is 3.93. The lowest BCUT2D eigenvalue weighted by atomic mass is 10.1. The zero-order chi connectivity index (χ0) is 12.1. The van der Waals surface area contributed by atoms with Crippen LogP contribution in [0.1, 0.15) is 15.9 Å². The van der Waals surface area contributed by atoms with Crippen molar-refractivity contribution >= 4 is 27.5 Å². The van der Waals surface area contributed by atoms with Gasteiger partial charge in [-0.15, -0.1) is 0 Å². The monoisotopic (exact) mass is 293 g/mol. The lowest BCUT2D eigenvalue weighted by molar-refractivity contribution is 0.102. The molecule has 5 heteroatoms. The molecule has 0 unspecified atom stereocenters. The molecule has 1 aromatic heterocycles. The molecular weight excluding hydrogens is 282 g/mol. The number of benzene rings is 1. The maximum Gasteiger partial charge on any atom is 0.258 e. The van der Waals surface area contributed by atoms with E-state index in [2.05, 4.69) is 31.4 Å². The second kappa shape index (κ2) is 5.63. The molecule has 17 heavy (non-hydrogen) atoms. The van der Waals surface area contributed by atoms with Crippen molar-refractivity contribution in [2.24, 2.45) is 0 Å². The van der Waals surface area contributed by atoms with Crippen LogP contribution in [0.15, 0.2) is 36.7 Å². The number of aromatic amines is 1. The maximum atomic E-state index is 11.7. The van der Waals surface area contributed by atoms with E-state index in [9.17, 15) is 4.79 Å². The Morgan fingerprint density at radius 2 is 2.12 bits per heavy atom. The van der Waals surface area contributed by atoms with E-state index in [1.54, 1.807) is 6.20 Å². The van der Waals surface area contributed by atoms with E-state index in [1.807, 2.05) is 24.3 Å². The number of aryl methyl sites for hydroxylation is 1. The highest BCUT2D eigenvalue weighted by molar-refractivity contribution is 9.09. The predicted molar refractivity (Wildman–Crippen MR) is 70.5 cm³/mol. The molecule has 1 heterocycles. The largest absolute Gasteiger partial charge is 0.322 e.